The number of aromatic nitrogens is 1. The third kappa shape index (κ3) is 2.95. The fraction of sp³-hybridized carbons (Fsp3) is 0.471. The van der Waals surface area contributed by atoms with Gasteiger partial charge in [-0.15, -0.1) is 0 Å². The van der Waals surface area contributed by atoms with Gasteiger partial charge in [0.25, 0.3) is 0 Å². The number of amides is 2. The van der Waals surface area contributed by atoms with Crippen LogP contribution in [0.1, 0.15) is 24.3 Å². The van der Waals surface area contributed by atoms with E-state index in [0.29, 0.717) is 5.92 Å². The van der Waals surface area contributed by atoms with Crippen LogP contribution >= 0.6 is 0 Å². The topological polar surface area (TPSA) is 51.4 Å². The molecule has 1 saturated heterocycles. The molecule has 118 valence electrons. The van der Waals surface area contributed by atoms with Crippen molar-refractivity contribution in [2.24, 2.45) is 0 Å². The maximum Gasteiger partial charge on any atom is 0.321 e. The molecule has 0 spiro atoms. The van der Waals surface area contributed by atoms with E-state index in [2.05, 4.69) is 34.5 Å². The standard InChI is InChI=1S/C17H24N4O/c1-20(2)17(22)19-13-4-5-16-14(10-13)15(11-18-16)12-6-8-21(3)9-7-12/h4-5,10-12,18H,6-9H2,1-3H3,(H,19,22). The molecule has 0 unspecified atom stereocenters. The molecule has 2 amide bonds. The smallest absolute Gasteiger partial charge is 0.321 e. The molecular weight excluding hydrogens is 276 g/mol. The number of anilines is 1. The van der Waals surface area contributed by atoms with Crippen LogP contribution < -0.4 is 5.32 Å². The van der Waals surface area contributed by atoms with E-state index in [-0.39, 0.29) is 6.03 Å². The Morgan fingerprint density at radius 2 is 2.05 bits per heavy atom. The second-order valence-corrected chi connectivity index (χ2v) is 6.41. The maximum atomic E-state index is 11.8. The number of fused-ring (bicyclic) bond motifs is 1. The SMILES string of the molecule is CN1CCC(c2c[nH]c3ccc(NC(=O)N(C)C)cc23)CC1. The minimum absolute atomic E-state index is 0.101. The van der Waals surface area contributed by atoms with Gasteiger partial charge in [-0.25, -0.2) is 4.79 Å². The van der Waals surface area contributed by atoms with Gasteiger partial charge in [0.05, 0.1) is 0 Å². The van der Waals surface area contributed by atoms with Crippen LogP contribution in [0.4, 0.5) is 10.5 Å². The highest BCUT2D eigenvalue weighted by atomic mass is 16.2. The van der Waals surface area contributed by atoms with Crippen LogP contribution in [-0.4, -0.2) is 55.0 Å². The number of H-pyrrole nitrogens is 1. The van der Waals surface area contributed by atoms with E-state index in [1.54, 1.807) is 19.0 Å². The van der Waals surface area contributed by atoms with Crippen LogP contribution in [0.15, 0.2) is 24.4 Å². The fourth-order valence-corrected chi connectivity index (χ4v) is 3.11. The first-order valence-electron chi connectivity index (χ1n) is 7.82. The van der Waals surface area contributed by atoms with Gasteiger partial charge in [-0.05, 0) is 62.7 Å². The van der Waals surface area contributed by atoms with Crippen LogP contribution in [0.3, 0.4) is 0 Å². The molecule has 3 rings (SSSR count). The molecule has 22 heavy (non-hydrogen) atoms. The summed E-state index contributed by atoms with van der Waals surface area (Å²) >= 11 is 0. The summed E-state index contributed by atoms with van der Waals surface area (Å²) in [6.45, 7) is 2.29. The number of nitrogens with zero attached hydrogens (tertiary/aromatic N) is 2. The minimum atomic E-state index is -0.101. The van der Waals surface area contributed by atoms with Crippen molar-refractivity contribution in [1.82, 2.24) is 14.8 Å². The van der Waals surface area contributed by atoms with E-state index in [4.69, 9.17) is 0 Å². The summed E-state index contributed by atoms with van der Waals surface area (Å²) in [5.41, 5.74) is 3.36. The van der Waals surface area contributed by atoms with Crippen LogP contribution in [-0.2, 0) is 0 Å². The van der Waals surface area contributed by atoms with E-state index in [1.165, 1.54) is 23.8 Å². The van der Waals surface area contributed by atoms with Gasteiger partial charge in [0, 0.05) is 36.9 Å². The van der Waals surface area contributed by atoms with Crippen molar-refractivity contribution in [3.05, 3.63) is 30.0 Å². The molecule has 1 aromatic carbocycles. The van der Waals surface area contributed by atoms with Crippen molar-refractivity contribution in [2.75, 3.05) is 39.5 Å². The van der Waals surface area contributed by atoms with Gasteiger partial charge in [0.1, 0.15) is 0 Å². The largest absolute Gasteiger partial charge is 0.361 e. The Hall–Kier alpha value is -2.01. The molecule has 0 atom stereocenters. The van der Waals surface area contributed by atoms with Crippen LogP contribution in [0.25, 0.3) is 10.9 Å². The van der Waals surface area contributed by atoms with Gasteiger partial charge in [-0.2, -0.15) is 0 Å². The molecule has 2 heterocycles. The molecule has 5 heteroatoms. The number of urea groups is 1. The Morgan fingerprint density at radius 3 is 2.73 bits per heavy atom. The monoisotopic (exact) mass is 300 g/mol. The number of hydrogen-bond donors (Lipinski definition) is 2. The number of nitrogens with one attached hydrogen (secondary N) is 2. The van der Waals surface area contributed by atoms with E-state index in [0.717, 1.165) is 24.3 Å². The summed E-state index contributed by atoms with van der Waals surface area (Å²) < 4.78 is 0. The van der Waals surface area contributed by atoms with Crippen molar-refractivity contribution in [1.29, 1.82) is 0 Å². The third-order valence-corrected chi connectivity index (χ3v) is 4.53. The van der Waals surface area contributed by atoms with E-state index in [1.807, 2.05) is 12.1 Å². The van der Waals surface area contributed by atoms with Crippen molar-refractivity contribution in [2.45, 2.75) is 18.8 Å². The summed E-state index contributed by atoms with van der Waals surface area (Å²) in [5.74, 6) is 0.602. The molecule has 0 radical (unpaired) electrons. The maximum absolute atomic E-state index is 11.8. The molecule has 1 aliphatic heterocycles. The molecule has 1 aromatic heterocycles. The average Bonchev–Trinajstić information content (AvgIpc) is 2.91. The first-order chi connectivity index (χ1) is 10.5. The third-order valence-electron chi connectivity index (χ3n) is 4.53. The number of benzene rings is 1. The lowest BCUT2D eigenvalue weighted by Crippen LogP contribution is -2.29. The normalized spacial score (nSPS) is 16.9. The molecule has 0 bridgehead atoms. The van der Waals surface area contributed by atoms with Crippen molar-refractivity contribution >= 4 is 22.6 Å². The fourth-order valence-electron chi connectivity index (χ4n) is 3.11. The Morgan fingerprint density at radius 1 is 1.32 bits per heavy atom. The predicted molar refractivity (Wildman–Crippen MR) is 90.5 cm³/mol. The highest BCUT2D eigenvalue weighted by molar-refractivity contribution is 5.93. The second-order valence-electron chi connectivity index (χ2n) is 6.41. The van der Waals surface area contributed by atoms with Crippen molar-refractivity contribution < 1.29 is 4.79 Å². The van der Waals surface area contributed by atoms with Crippen LogP contribution in [0.2, 0.25) is 0 Å². The molecule has 1 aliphatic rings. The van der Waals surface area contributed by atoms with Gasteiger partial charge >= 0.3 is 6.03 Å². The van der Waals surface area contributed by atoms with Crippen molar-refractivity contribution in [3.8, 4) is 0 Å². The summed E-state index contributed by atoms with van der Waals surface area (Å²) in [6.07, 6.45) is 4.52. The number of likely N-dealkylation sites (tertiary alicyclic amines) is 1. The number of carbonyl (C=O) groups is 1. The first-order valence-corrected chi connectivity index (χ1v) is 7.82. The summed E-state index contributed by atoms with van der Waals surface area (Å²) in [7, 11) is 5.67. The van der Waals surface area contributed by atoms with Crippen LogP contribution in [0, 0.1) is 0 Å². The van der Waals surface area contributed by atoms with Gasteiger partial charge in [-0.1, -0.05) is 0 Å². The lowest BCUT2D eigenvalue weighted by atomic mass is 9.89. The first kappa shape index (κ1) is 14.9. The highest BCUT2D eigenvalue weighted by Crippen LogP contribution is 2.34. The van der Waals surface area contributed by atoms with Gasteiger partial charge < -0.3 is 20.1 Å². The summed E-state index contributed by atoms with van der Waals surface area (Å²) in [5, 5.41) is 4.15. The summed E-state index contributed by atoms with van der Waals surface area (Å²) in [6, 6.07) is 5.97. The quantitative estimate of drug-likeness (QED) is 0.895. The van der Waals surface area contributed by atoms with E-state index < -0.39 is 0 Å². The summed E-state index contributed by atoms with van der Waals surface area (Å²) in [4.78, 5) is 19.1. The lowest BCUT2D eigenvalue weighted by molar-refractivity contribution is 0.230. The molecule has 5 nitrogen and oxygen atoms in total. The number of carbonyl (C=O) groups excluding carboxylic acids is 1. The van der Waals surface area contributed by atoms with E-state index >= 15 is 0 Å². The zero-order chi connectivity index (χ0) is 15.7. The number of rotatable bonds is 2. The van der Waals surface area contributed by atoms with Gasteiger partial charge in [0.2, 0.25) is 0 Å². The highest BCUT2D eigenvalue weighted by Gasteiger charge is 2.21. The Labute approximate surface area is 131 Å². The molecule has 0 saturated carbocycles. The number of aromatic amines is 1. The Balaban J connectivity index is 1.87. The lowest BCUT2D eigenvalue weighted by Gasteiger charge is -2.28. The van der Waals surface area contributed by atoms with E-state index in [9.17, 15) is 4.79 Å². The Bertz CT molecular complexity index is 668. The average molecular weight is 300 g/mol. The zero-order valence-electron chi connectivity index (χ0n) is 13.5. The Kier molecular flexibility index (Phi) is 4.07. The molecular formula is C17H24N4O. The minimum Gasteiger partial charge on any atom is -0.361 e. The molecule has 2 N–H and O–H groups in total. The van der Waals surface area contributed by atoms with Crippen LogP contribution in [0.5, 0.6) is 0 Å². The van der Waals surface area contributed by atoms with Gasteiger partial charge in [-0.3, -0.25) is 0 Å². The molecule has 0 aliphatic carbocycles. The molecule has 2 aromatic rings. The zero-order valence-corrected chi connectivity index (χ0v) is 13.5. The van der Waals surface area contributed by atoms with Crippen molar-refractivity contribution in [3.63, 3.8) is 0 Å². The number of hydrogen-bond acceptors (Lipinski definition) is 2. The van der Waals surface area contributed by atoms with Gasteiger partial charge in [0.15, 0.2) is 0 Å². The second kappa shape index (κ2) is 6.01. The molecule has 1 fully saturated rings. The number of piperidine rings is 1. The predicted octanol–water partition coefficient (Wildman–Crippen LogP) is 3.07.